The van der Waals surface area contributed by atoms with E-state index < -0.39 is 0 Å². The van der Waals surface area contributed by atoms with Crippen LogP contribution >= 0.6 is 22.6 Å². The molecule has 80 valence electrons. The van der Waals surface area contributed by atoms with Gasteiger partial charge in [0.1, 0.15) is 5.75 Å². The molecule has 0 radical (unpaired) electrons. The van der Waals surface area contributed by atoms with Crippen molar-refractivity contribution in [3.05, 3.63) is 57.7 Å². The quantitative estimate of drug-likeness (QED) is 0.663. The van der Waals surface area contributed by atoms with E-state index in [9.17, 15) is 5.11 Å². The summed E-state index contributed by atoms with van der Waals surface area (Å²) in [4.78, 5) is 4.29. The van der Waals surface area contributed by atoms with E-state index in [4.69, 9.17) is 0 Å². The molecule has 0 saturated heterocycles. The zero-order chi connectivity index (χ0) is 11.4. The molecule has 0 aromatic heterocycles. The number of rotatable bonds is 2. The number of hydrogen-bond acceptors (Lipinski definition) is 2. The molecule has 0 aliphatic heterocycles. The Morgan fingerprint density at radius 1 is 1.06 bits per heavy atom. The van der Waals surface area contributed by atoms with Gasteiger partial charge < -0.3 is 5.11 Å². The Morgan fingerprint density at radius 3 is 2.56 bits per heavy atom. The van der Waals surface area contributed by atoms with Crippen LogP contribution in [0.5, 0.6) is 5.75 Å². The van der Waals surface area contributed by atoms with E-state index in [1.165, 1.54) is 0 Å². The number of phenols is 1. The highest BCUT2D eigenvalue weighted by Crippen LogP contribution is 2.19. The van der Waals surface area contributed by atoms with Crippen LogP contribution in [0.4, 0.5) is 5.69 Å². The van der Waals surface area contributed by atoms with Gasteiger partial charge in [0.05, 0.1) is 5.69 Å². The normalized spacial score (nSPS) is 10.8. The smallest absolute Gasteiger partial charge is 0.124 e. The van der Waals surface area contributed by atoms with Crippen LogP contribution in [-0.2, 0) is 0 Å². The van der Waals surface area contributed by atoms with Gasteiger partial charge in [0.2, 0.25) is 0 Å². The van der Waals surface area contributed by atoms with Crippen LogP contribution in [0.2, 0.25) is 0 Å². The maximum atomic E-state index is 9.62. The zero-order valence-electron chi connectivity index (χ0n) is 8.47. The van der Waals surface area contributed by atoms with Gasteiger partial charge in [-0.3, -0.25) is 4.99 Å². The molecular formula is C13H10INO. The molecule has 0 unspecified atom stereocenters. The second kappa shape index (κ2) is 5.12. The first kappa shape index (κ1) is 11.1. The van der Waals surface area contributed by atoms with E-state index in [2.05, 4.69) is 27.6 Å². The highest BCUT2D eigenvalue weighted by atomic mass is 127. The summed E-state index contributed by atoms with van der Waals surface area (Å²) >= 11 is 2.20. The largest absolute Gasteiger partial charge is 0.507 e. The van der Waals surface area contributed by atoms with E-state index in [1.807, 2.05) is 42.5 Å². The summed E-state index contributed by atoms with van der Waals surface area (Å²) in [7, 11) is 0. The molecule has 0 spiro atoms. The molecule has 0 heterocycles. The van der Waals surface area contributed by atoms with E-state index in [0.717, 1.165) is 14.8 Å². The molecule has 2 aromatic rings. The Kier molecular flexibility index (Phi) is 3.56. The number of nitrogens with zero attached hydrogens (tertiary/aromatic N) is 1. The van der Waals surface area contributed by atoms with Crippen LogP contribution in [0.1, 0.15) is 5.56 Å². The number of aromatic hydroxyl groups is 1. The molecule has 0 bridgehead atoms. The van der Waals surface area contributed by atoms with Gasteiger partial charge in [0.15, 0.2) is 0 Å². The minimum Gasteiger partial charge on any atom is -0.507 e. The summed E-state index contributed by atoms with van der Waals surface area (Å²) in [5.74, 6) is 0.250. The molecule has 1 N–H and O–H groups in total. The van der Waals surface area contributed by atoms with Crippen molar-refractivity contribution in [1.29, 1.82) is 0 Å². The lowest BCUT2D eigenvalue weighted by Crippen LogP contribution is -1.83. The Morgan fingerprint density at radius 2 is 1.81 bits per heavy atom. The number of phenolic OH excluding ortho intramolecular Hbond substituents is 1. The van der Waals surface area contributed by atoms with Crippen molar-refractivity contribution < 1.29 is 5.11 Å². The van der Waals surface area contributed by atoms with Crippen LogP contribution in [0.25, 0.3) is 0 Å². The van der Waals surface area contributed by atoms with Gasteiger partial charge in [-0.2, -0.15) is 0 Å². The highest BCUT2D eigenvalue weighted by molar-refractivity contribution is 14.1. The van der Waals surface area contributed by atoms with Crippen LogP contribution in [0.15, 0.2) is 53.5 Å². The molecule has 3 heteroatoms. The molecule has 0 aliphatic carbocycles. The van der Waals surface area contributed by atoms with Crippen molar-refractivity contribution in [1.82, 2.24) is 0 Å². The lowest BCUT2D eigenvalue weighted by atomic mass is 10.2. The highest BCUT2D eigenvalue weighted by Gasteiger charge is 1.98. The topological polar surface area (TPSA) is 32.6 Å². The van der Waals surface area contributed by atoms with Crippen LogP contribution in [0.3, 0.4) is 0 Å². The van der Waals surface area contributed by atoms with Crippen molar-refractivity contribution in [2.24, 2.45) is 4.99 Å². The zero-order valence-corrected chi connectivity index (χ0v) is 10.6. The van der Waals surface area contributed by atoms with Crippen molar-refractivity contribution in [2.45, 2.75) is 0 Å². The third-order valence-electron chi connectivity index (χ3n) is 2.10. The molecule has 0 saturated carbocycles. The second-order valence-electron chi connectivity index (χ2n) is 3.30. The lowest BCUT2D eigenvalue weighted by molar-refractivity contribution is 0.474. The first-order valence-corrected chi connectivity index (χ1v) is 5.91. The third kappa shape index (κ3) is 2.82. The summed E-state index contributed by atoms with van der Waals surface area (Å²) in [6.45, 7) is 0. The molecule has 0 aliphatic rings. The summed E-state index contributed by atoms with van der Waals surface area (Å²) in [6.07, 6.45) is 1.67. The van der Waals surface area contributed by atoms with E-state index in [1.54, 1.807) is 12.3 Å². The second-order valence-corrected chi connectivity index (χ2v) is 4.54. The van der Waals surface area contributed by atoms with Crippen LogP contribution in [-0.4, -0.2) is 11.3 Å². The van der Waals surface area contributed by atoms with E-state index in [-0.39, 0.29) is 5.75 Å². The third-order valence-corrected chi connectivity index (χ3v) is 2.77. The Balaban J connectivity index is 2.27. The van der Waals surface area contributed by atoms with Gasteiger partial charge in [-0.25, -0.2) is 0 Å². The van der Waals surface area contributed by atoms with Gasteiger partial charge in [-0.1, -0.05) is 18.2 Å². The van der Waals surface area contributed by atoms with Gasteiger partial charge in [0, 0.05) is 15.3 Å². The summed E-state index contributed by atoms with van der Waals surface area (Å²) in [6, 6.07) is 15.1. The number of halogens is 1. The van der Waals surface area contributed by atoms with Crippen LogP contribution in [0, 0.1) is 3.57 Å². The lowest BCUT2D eigenvalue weighted by Gasteiger charge is -1.99. The number of para-hydroxylation sites is 1. The number of hydrogen-bond donors (Lipinski definition) is 1. The number of aliphatic imine (C=N–C) groups is 1. The first-order valence-electron chi connectivity index (χ1n) is 4.83. The predicted molar refractivity (Wildman–Crippen MR) is 74.5 cm³/mol. The molecule has 2 nitrogen and oxygen atoms in total. The van der Waals surface area contributed by atoms with Gasteiger partial charge >= 0.3 is 0 Å². The summed E-state index contributed by atoms with van der Waals surface area (Å²) in [5, 5.41) is 9.62. The molecule has 0 amide bonds. The Bertz CT molecular complexity index is 509. The molecule has 0 atom stereocenters. The summed E-state index contributed by atoms with van der Waals surface area (Å²) < 4.78 is 1.07. The maximum absolute atomic E-state index is 9.62. The molecule has 0 fully saturated rings. The minimum atomic E-state index is 0.250. The first-order chi connectivity index (χ1) is 7.75. The molecule has 2 rings (SSSR count). The predicted octanol–water partition coefficient (Wildman–Crippen LogP) is 3.75. The van der Waals surface area contributed by atoms with E-state index in [0.29, 0.717) is 0 Å². The van der Waals surface area contributed by atoms with E-state index >= 15 is 0 Å². The van der Waals surface area contributed by atoms with Crippen molar-refractivity contribution in [3.8, 4) is 5.75 Å². The van der Waals surface area contributed by atoms with Crippen molar-refractivity contribution in [3.63, 3.8) is 0 Å². The standard InChI is InChI=1S/C13H10INO/c14-11-6-7-13(16)10(8-11)9-15-12-4-2-1-3-5-12/h1-9,16H. The van der Waals surface area contributed by atoms with Gasteiger partial charge in [-0.05, 0) is 52.9 Å². The minimum absolute atomic E-state index is 0.250. The maximum Gasteiger partial charge on any atom is 0.124 e. The fourth-order valence-corrected chi connectivity index (χ4v) is 1.80. The average molecular weight is 323 g/mol. The van der Waals surface area contributed by atoms with Crippen molar-refractivity contribution in [2.75, 3.05) is 0 Å². The summed E-state index contributed by atoms with van der Waals surface area (Å²) in [5.41, 5.74) is 1.61. The fraction of sp³-hybridized carbons (Fsp3) is 0. The van der Waals surface area contributed by atoms with Gasteiger partial charge in [0.25, 0.3) is 0 Å². The Labute approximate surface area is 108 Å². The molecule has 2 aromatic carbocycles. The van der Waals surface area contributed by atoms with Gasteiger partial charge in [-0.15, -0.1) is 0 Å². The molecule has 16 heavy (non-hydrogen) atoms. The Hall–Kier alpha value is -1.36. The monoisotopic (exact) mass is 323 g/mol. The van der Waals surface area contributed by atoms with Crippen molar-refractivity contribution >= 4 is 34.5 Å². The fourth-order valence-electron chi connectivity index (χ4n) is 1.29. The van der Waals surface area contributed by atoms with Crippen LogP contribution < -0.4 is 0 Å². The number of benzene rings is 2. The average Bonchev–Trinajstić information content (AvgIpc) is 2.32. The molecular weight excluding hydrogens is 313 g/mol. The SMILES string of the molecule is Oc1ccc(I)cc1C=Nc1ccccc1.